The average Bonchev–Trinajstić information content (AvgIpc) is 3.29. The van der Waals surface area contributed by atoms with E-state index in [1.54, 1.807) is 16.2 Å². The molecule has 138 valence electrons. The number of hydrogen-bond acceptors (Lipinski definition) is 5. The number of thiophene rings is 1. The number of nitrogens with one attached hydrogen (secondary N) is 1. The van der Waals surface area contributed by atoms with Crippen LogP contribution in [0.2, 0.25) is 0 Å². The van der Waals surface area contributed by atoms with E-state index in [0.717, 1.165) is 30.7 Å². The Balaban J connectivity index is 1.69. The average molecular weight is 376 g/mol. The highest BCUT2D eigenvalue weighted by molar-refractivity contribution is 7.10. The number of rotatable bonds is 6. The summed E-state index contributed by atoms with van der Waals surface area (Å²) in [6.45, 7) is 3.12. The molecule has 0 saturated heterocycles. The van der Waals surface area contributed by atoms with Crippen molar-refractivity contribution in [2.75, 3.05) is 6.54 Å². The van der Waals surface area contributed by atoms with Crippen molar-refractivity contribution in [3.05, 3.63) is 45.5 Å². The molecule has 1 unspecified atom stereocenters. The molecule has 1 aliphatic heterocycles. The summed E-state index contributed by atoms with van der Waals surface area (Å²) in [5, 5.41) is 13.6. The Bertz CT molecular complexity index is 825. The summed E-state index contributed by atoms with van der Waals surface area (Å²) in [5.41, 5.74) is 1.06. The predicted octanol–water partition coefficient (Wildman–Crippen LogP) is 2.52. The molecule has 26 heavy (non-hydrogen) atoms. The fraction of sp³-hybridized carbons (Fsp3) is 0.389. The highest BCUT2D eigenvalue weighted by Crippen LogP contribution is 2.24. The second-order valence-electron chi connectivity index (χ2n) is 6.20. The lowest BCUT2D eigenvalue weighted by atomic mass is 10.1. The van der Waals surface area contributed by atoms with E-state index < -0.39 is 17.9 Å². The smallest absolute Gasteiger partial charge is 0.338 e. The van der Waals surface area contributed by atoms with Gasteiger partial charge in [0.15, 0.2) is 5.76 Å². The van der Waals surface area contributed by atoms with E-state index in [4.69, 9.17) is 9.52 Å². The number of carboxylic acid groups (broad SMARTS) is 1. The third kappa shape index (κ3) is 3.80. The third-order valence-electron chi connectivity index (χ3n) is 4.37. The number of furan rings is 1. The van der Waals surface area contributed by atoms with Gasteiger partial charge in [0.2, 0.25) is 5.91 Å². The Kier molecular flexibility index (Phi) is 5.41. The summed E-state index contributed by atoms with van der Waals surface area (Å²) in [6.07, 6.45) is 3.07. The molecular formula is C18H20N2O5S. The molecular weight excluding hydrogens is 356 g/mol. The number of amides is 2. The summed E-state index contributed by atoms with van der Waals surface area (Å²) < 4.78 is 5.01. The van der Waals surface area contributed by atoms with E-state index in [9.17, 15) is 14.4 Å². The van der Waals surface area contributed by atoms with Crippen molar-refractivity contribution in [2.24, 2.45) is 0 Å². The molecule has 0 spiro atoms. The summed E-state index contributed by atoms with van der Waals surface area (Å²) in [7, 11) is 0. The van der Waals surface area contributed by atoms with Crippen molar-refractivity contribution in [3.8, 4) is 0 Å². The highest BCUT2D eigenvalue weighted by Gasteiger charge is 2.29. The van der Waals surface area contributed by atoms with Crippen LogP contribution in [0.5, 0.6) is 0 Å². The van der Waals surface area contributed by atoms with Gasteiger partial charge in [-0.25, -0.2) is 4.79 Å². The highest BCUT2D eigenvalue weighted by atomic mass is 32.1. The maximum absolute atomic E-state index is 12.9. The first-order valence-corrected chi connectivity index (χ1v) is 9.34. The molecule has 8 heteroatoms. The number of carbonyl (C=O) groups excluding carboxylic acids is 2. The molecule has 1 atom stereocenters. The van der Waals surface area contributed by atoms with Gasteiger partial charge in [-0.2, -0.15) is 0 Å². The zero-order chi connectivity index (χ0) is 18.7. The zero-order valence-electron chi connectivity index (χ0n) is 14.4. The lowest BCUT2D eigenvalue weighted by Gasteiger charge is -2.30. The minimum atomic E-state index is -1.17. The van der Waals surface area contributed by atoms with Crippen LogP contribution in [0.1, 0.15) is 51.1 Å². The number of fused-ring (bicyclic) bond motifs is 1. The van der Waals surface area contributed by atoms with Crippen molar-refractivity contribution in [3.63, 3.8) is 0 Å². The van der Waals surface area contributed by atoms with Crippen LogP contribution in [-0.2, 0) is 17.8 Å². The molecule has 3 heterocycles. The molecule has 0 radical (unpaired) electrons. The second kappa shape index (κ2) is 7.74. The van der Waals surface area contributed by atoms with Gasteiger partial charge in [-0.1, -0.05) is 13.3 Å². The Labute approximate surface area is 154 Å². The Morgan fingerprint density at radius 2 is 2.23 bits per heavy atom. The molecule has 1 aliphatic rings. The minimum Gasteiger partial charge on any atom is -0.478 e. The van der Waals surface area contributed by atoms with Crippen molar-refractivity contribution >= 4 is 29.1 Å². The van der Waals surface area contributed by atoms with Crippen molar-refractivity contribution in [1.29, 1.82) is 0 Å². The summed E-state index contributed by atoms with van der Waals surface area (Å²) in [6, 6.07) is 2.53. The lowest BCUT2D eigenvalue weighted by Crippen LogP contribution is -2.49. The molecule has 0 bridgehead atoms. The fourth-order valence-corrected chi connectivity index (χ4v) is 3.89. The van der Waals surface area contributed by atoms with Gasteiger partial charge in [-0.3, -0.25) is 9.59 Å². The van der Waals surface area contributed by atoms with E-state index >= 15 is 0 Å². The first-order valence-electron chi connectivity index (χ1n) is 8.46. The van der Waals surface area contributed by atoms with Crippen molar-refractivity contribution in [1.82, 2.24) is 10.2 Å². The van der Waals surface area contributed by atoms with Gasteiger partial charge in [0.1, 0.15) is 12.3 Å². The van der Waals surface area contributed by atoms with Gasteiger partial charge in [0.05, 0.1) is 5.56 Å². The van der Waals surface area contributed by atoms with E-state index in [0.29, 0.717) is 19.5 Å². The van der Waals surface area contributed by atoms with Crippen LogP contribution in [-0.4, -0.2) is 40.4 Å². The van der Waals surface area contributed by atoms with Crippen molar-refractivity contribution in [2.45, 2.75) is 38.8 Å². The molecule has 2 N–H and O–H groups in total. The van der Waals surface area contributed by atoms with Crippen LogP contribution in [0.3, 0.4) is 0 Å². The van der Waals surface area contributed by atoms with Gasteiger partial charge in [-0.05, 0) is 29.9 Å². The number of carbonyl (C=O) groups is 3. The Morgan fingerprint density at radius 1 is 1.42 bits per heavy atom. The lowest BCUT2D eigenvalue weighted by molar-refractivity contribution is -0.134. The number of aromatic carboxylic acids is 1. The first-order chi connectivity index (χ1) is 12.5. The molecule has 7 nitrogen and oxygen atoms in total. The molecule has 2 aromatic rings. The van der Waals surface area contributed by atoms with Gasteiger partial charge in [-0.15, -0.1) is 11.3 Å². The van der Waals surface area contributed by atoms with E-state index in [1.807, 2.05) is 18.4 Å². The van der Waals surface area contributed by atoms with Crippen LogP contribution in [0.25, 0.3) is 0 Å². The molecule has 2 amide bonds. The van der Waals surface area contributed by atoms with Crippen LogP contribution in [0.4, 0.5) is 0 Å². The van der Waals surface area contributed by atoms with E-state index in [2.05, 4.69) is 5.32 Å². The molecule has 3 rings (SSSR count). The number of nitrogens with zero attached hydrogens (tertiary/aromatic N) is 1. The predicted molar refractivity (Wildman–Crippen MR) is 95.3 cm³/mol. The molecule has 0 aliphatic carbocycles. The molecule has 0 saturated carbocycles. The number of hydrogen-bond donors (Lipinski definition) is 2. The third-order valence-corrected chi connectivity index (χ3v) is 5.39. The Hall–Kier alpha value is -2.61. The molecule has 0 aromatic carbocycles. The molecule has 0 fully saturated rings. The SMILES string of the molecule is CCCC(NC(=O)c1cc(C(=O)O)co1)C(=O)N1CCc2sccc2C1. The quantitative estimate of drug-likeness (QED) is 0.807. The number of carboxylic acids is 1. The first kappa shape index (κ1) is 18.2. The standard InChI is InChI=1S/C18H20N2O5S/c1-2-3-13(19-16(21)14-8-12(10-25-14)18(23)24)17(22)20-6-4-15-11(9-20)5-7-26-15/h5,7-8,10,13H,2-4,6,9H2,1H3,(H,19,21)(H,23,24). The van der Waals surface area contributed by atoms with Crippen molar-refractivity contribution < 1.29 is 23.9 Å². The van der Waals surface area contributed by atoms with Crippen LogP contribution >= 0.6 is 11.3 Å². The summed E-state index contributed by atoms with van der Waals surface area (Å²) in [5.74, 6) is -2.00. The maximum atomic E-state index is 12.9. The van der Waals surface area contributed by atoms with Gasteiger partial charge in [0.25, 0.3) is 5.91 Å². The van der Waals surface area contributed by atoms with Gasteiger partial charge >= 0.3 is 5.97 Å². The van der Waals surface area contributed by atoms with Crippen LogP contribution in [0, 0.1) is 0 Å². The van der Waals surface area contributed by atoms with E-state index in [-0.39, 0.29) is 17.2 Å². The largest absolute Gasteiger partial charge is 0.478 e. The normalized spacial score (nSPS) is 14.6. The topological polar surface area (TPSA) is 99.9 Å². The fourth-order valence-electron chi connectivity index (χ4n) is 3.00. The van der Waals surface area contributed by atoms with Crippen LogP contribution < -0.4 is 5.32 Å². The maximum Gasteiger partial charge on any atom is 0.338 e. The van der Waals surface area contributed by atoms with Crippen LogP contribution in [0.15, 0.2) is 28.2 Å². The minimum absolute atomic E-state index is 0.102. The summed E-state index contributed by atoms with van der Waals surface area (Å²) in [4.78, 5) is 39.2. The summed E-state index contributed by atoms with van der Waals surface area (Å²) >= 11 is 1.70. The monoisotopic (exact) mass is 376 g/mol. The van der Waals surface area contributed by atoms with E-state index in [1.165, 1.54) is 4.88 Å². The Morgan fingerprint density at radius 3 is 2.92 bits per heavy atom. The van der Waals surface area contributed by atoms with Gasteiger partial charge < -0.3 is 19.7 Å². The second-order valence-corrected chi connectivity index (χ2v) is 7.20. The van der Waals surface area contributed by atoms with Gasteiger partial charge in [0, 0.05) is 24.0 Å². The zero-order valence-corrected chi connectivity index (χ0v) is 15.2. The molecule has 2 aromatic heterocycles.